The van der Waals surface area contributed by atoms with Crippen molar-refractivity contribution in [2.45, 2.75) is 32.9 Å². The van der Waals surface area contributed by atoms with Crippen LogP contribution in [-0.2, 0) is 52.7 Å². The molecular formula is C37H48N8O8. The first kappa shape index (κ1) is 38.0. The topological polar surface area (TPSA) is 197 Å². The molecule has 0 radical (unpaired) electrons. The summed E-state index contributed by atoms with van der Waals surface area (Å²) in [6.45, 7) is 9.78. The summed E-state index contributed by atoms with van der Waals surface area (Å²) in [7, 11) is 0. The Labute approximate surface area is 307 Å². The third-order valence-corrected chi connectivity index (χ3v) is 8.73. The number of rotatable bonds is 22. The fourth-order valence-electron chi connectivity index (χ4n) is 6.09. The average Bonchev–Trinajstić information content (AvgIpc) is 3.73. The van der Waals surface area contributed by atoms with Crippen LogP contribution in [0.4, 0.5) is 11.8 Å². The van der Waals surface area contributed by atoms with E-state index < -0.39 is 0 Å². The largest absolute Gasteiger partial charge is 0.424 e. The first-order valence-electron chi connectivity index (χ1n) is 18.0. The van der Waals surface area contributed by atoms with Gasteiger partial charge in [-0.15, -0.1) is 0 Å². The van der Waals surface area contributed by atoms with Crippen LogP contribution in [0, 0.1) is 0 Å². The minimum atomic E-state index is 0.0765. The molecule has 0 aliphatic carbocycles. The van der Waals surface area contributed by atoms with Crippen LogP contribution in [0.5, 0.6) is 0 Å². The Morgan fingerprint density at radius 2 is 1.49 bits per heavy atom. The third-order valence-electron chi connectivity index (χ3n) is 8.73. The number of carbonyl (C=O) groups excluding carboxylic acids is 1. The predicted octanol–water partition coefficient (Wildman–Crippen LogP) is 3.24. The summed E-state index contributed by atoms with van der Waals surface area (Å²) in [4.78, 5) is 27.8. The fourth-order valence-corrected chi connectivity index (χ4v) is 6.09. The van der Waals surface area contributed by atoms with Gasteiger partial charge in [-0.05, 0) is 48.2 Å². The summed E-state index contributed by atoms with van der Waals surface area (Å²) in [6.07, 6.45) is 2.54. The van der Waals surface area contributed by atoms with E-state index >= 15 is 0 Å². The van der Waals surface area contributed by atoms with Crippen LogP contribution in [-0.4, -0.2) is 121 Å². The summed E-state index contributed by atoms with van der Waals surface area (Å²) in [5.74, 6) is 0.420. The van der Waals surface area contributed by atoms with Crippen molar-refractivity contribution >= 4 is 39.9 Å². The maximum atomic E-state index is 13.0. The minimum absolute atomic E-state index is 0.0765. The normalized spacial score (nSPS) is 13.0. The van der Waals surface area contributed by atoms with Crippen molar-refractivity contribution in [3.63, 3.8) is 0 Å². The van der Waals surface area contributed by atoms with Crippen LogP contribution in [0.15, 0.2) is 47.1 Å². The molecule has 1 aliphatic rings. The molecule has 16 heteroatoms. The second-order valence-corrected chi connectivity index (χ2v) is 12.4. The number of aromatic nitrogens is 5. The number of ether oxygens (including phenoxy) is 6. The van der Waals surface area contributed by atoms with E-state index in [2.05, 4.69) is 33.2 Å². The molecule has 4 heterocycles. The van der Waals surface area contributed by atoms with Gasteiger partial charge in [0.25, 0.3) is 6.01 Å². The molecule has 0 atom stereocenters. The third kappa shape index (κ3) is 10.5. The fraction of sp³-hybridized carbons (Fsp3) is 0.486. The quantitative estimate of drug-likeness (QED) is 0.0984. The summed E-state index contributed by atoms with van der Waals surface area (Å²) < 4.78 is 40.0. The van der Waals surface area contributed by atoms with Gasteiger partial charge in [0.15, 0.2) is 11.2 Å². The van der Waals surface area contributed by atoms with E-state index in [1.165, 1.54) is 11.9 Å². The highest BCUT2D eigenvalue weighted by Gasteiger charge is 2.22. The molecule has 5 aromatic rings. The van der Waals surface area contributed by atoms with Gasteiger partial charge in [-0.3, -0.25) is 4.79 Å². The smallest absolute Gasteiger partial charge is 0.292 e. The Kier molecular flexibility index (Phi) is 13.9. The van der Waals surface area contributed by atoms with Gasteiger partial charge in [-0.1, -0.05) is 18.2 Å². The first-order chi connectivity index (χ1) is 26.0. The van der Waals surface area contributed by atoms with Crippen LogP contribution in [0.25, 0.3) is 33.4 Å². The van der Waals surface area contributed by atoms with E-state index in [0.717, 1.165) is 23.1 Å². The number of nitrogens with two attached hydrogens (primary N) is 2. The molecule has 6 rings (SSSR count). The molecule has 0 unspecified atom stereocenters. The molecule has 0 spiro atoms. The van der Waals surface area contributed by atoms with E-state index in [-0.39, 0.29) is 11.9 Å². The lowest BCUT2D eigenvalue weighted by Crippen LogP contribution is -2.36. The standard InChI is InChI=1S/C37H48N8O8/c1-2-47-11-12-49-15-16-51-19-20-52-18-17-50-14-13-48-10-8-32(46)44-9-7-27-21-26(3-4-29(27)24-44)23-45-36-33(35(38)40-25-41-36)34(43-45)28-5-6-31-30(22-28)42-37(39)53-31/h3-6,21-22,25H,2,7-20,23-24H2,1H3,(H2,39,42)(H2,38,40,41). The van der Waals surface area contributed by atoms with Crippen LogP contribution in [0.1, 0.15) is 30.0 Å². The van der Waals surface area contributed by atoms with Crippen LogP contribution in [0.2, 0.25) is 0 Å². The van der Waals surface area contributed by atoms with Crippen molar-refractivity contribution in [1.82, 2.24) is 29.6 Å². The maximum Gasteiger partial charge on any atom is 0.292 e. The predicted molar refractivity (Wildman–Crippen MR) is 197 cm³/mol. The Hall–Kier alpha value is -4.71. The average molecular weight is 733 g/mol. The lowest BCUT2D eigenvalue weighted by Gasteiger charge is -2.29. The molecule has 2 aromatic carbocycles. The Morgan fingerprint density at radius 1 is 0.811 bits per heavy atom. The molecule has 53 heavy (non-hydrogen) atoms. The Bertz CT molecular complexity index is 1930. The molecule has 0 fully saturated rings. The van der Waals surface area contributed by atoms with Crippen molar-refractivity contribution in [2.75, 3.05) is 97.3 Å². The Balaban J connectivity index is 0.892. The first-order valence-corrected chi connectivity index (χ1v) is 18.0. The molecule has 16 nitrogen and oxygen atoms in total. The van der Waals surface area contributed by atoms with E-state index in [9.17, 15) is 4.79 Å². The van der Waals surface area contributed by atoms with E-state index in [4.69, 9.17) is 49.4 Å². The van der Waals surface area contributed by atoms with Gasteiger partial charge >= 0.3 is 0 Å². The summed E-state index contributed by atoms with van der Waals surface area (Å²) in [5.41, 5.74) is 18.8. The van der Waals surface area contributed by atoms with E-state index in [0.29, 0.717) is 139 Å². The molecule has 4 N–H and O–H groups in total. The Morgan fingerprint density at radius 3 is 2.19 bits per heavy atom. The number of amides is 1. The highest BCUT2D eigenvalue weighted by molar-refractivity contribution is 5.99. The molecule has 0 saturated carbocycles. The molecular weight excluding hydrogens is 684 g/mol. The van der Waals surface area contributed by atoms with Crippen LogP contribution in [0.3, 0.4) is 0 Å². The monoisotopic (exact) mass is 732 g/mol. The van der Waals surface area contributed by atoms with Gasteiger partial charge in [0.1, 0.15) is 23.4 Å². The zero-order chi connectivity index (χ0) is 36.8. The molecule has 3 aromatic heterocycles. The van der Waals surface area contributed by atoms with Gasteiger partial charge in [0.2, 0.25) is 5.91 Å². The summed E-state index contributed by atoms with van der Waals surface area (Å²) in [6, 6.07) is 12.0. The molecule has 0 bridgehead atoms. The molecule has 0 saturated heterocycles. The second kappa shape index (κ2) is 19.4. The highest BCUT2D eigenvalue weighted by atomic mass is 16.6. The van der Waals surface area contributed by atoms with E-state index in [1.54, 1.807) is 0 Å². The van der Waals surface area contributed by atoms with Gasteiger partial charge in [-0.25, -0.2) is 14.6 Å². The van der Waals surface area contributed by atoms with Gasteiger partial charge < -0.3 is 49.2 Å². The summed E-state index contributed by atoms with van der Waals surface area (Å²) in [5, 5.41) is 5.59. The number of carbonyl (C=O) groups is 1. The maximum absolute atomic E-state index is 13.0. The molecule has 1 amide bonds. The number of nitrogens with zero attached hydrogens (tertiary/aromatic N) is 6. The van der Waals surface area contributed by atoms with Crippen LogP contribution >= 0.6 is 0 Å². The van der Waals surface area contributed by atoms with Gasteiger partial charge in [0, 0.05) is 25.3 Å². The number of anilines is 2. The van der Waals surface area contributed by atoms with Crippen molar-refractivity contribution in [1.29, 1.82) is 0 Å². The summed E-state index contributed by atoms with van der Waals surface area (Å²) >= 11 is 0. The number of fused-ring (bicyclic) bond motifs is 3. The van der Waals surface area contributed by atoms with Crippen molar-refractivity contribution in [3.8, 4) is 11.3 Å². The number of nitrogen functional groups attached to an aromatic ring is 2. The number of benzene rings is 2. The van der Waals surface area contributed by atoms with Gasteiger partial charge in [0.05, 0.1) is 91.0 Å². The highest BCUT2D eigenvalue weighted by Crippen LogP contribution is 2.33. The van der Waals surface area contributed by atoms with Crippen molar-refractivity contribution in [3.05, 3.63) is 59.4 Å². The number of hydrogen-bond donors (Lipinski definition) is 2. The van der Waals surface area contributed by atoms with E-state index in [1.807, 2.05) is 34.7 Å². The molecule has 1 aliphatic heterocycles. The number of hydrogen-bond acceptors (Lipinski definition) is 14. The number of oxazole rings is 1. The van der Waals surface area contributed by atoms with Gasteiger partial charge in [-0.2, -0.15) is 10.1 Å². The lowest BCUT2D eigenvalue weighted by molar-refractivity contribution is -0.133. The molecule has 284 valence electrons. The zero-order valence-electron chi connectivity index (χ0n) is 30.2. The second-order valence-electron chi connectivity index (χ2n) is 12.4. The SMILES string of the molecule is CCOCCOCCOCCOCCOCCOCCC(=O)N1CCc2cc(Cn3nc(-c4ccc5oc(N)nc5c4)c4c(N)ncnc43)ccc2C1. The van der Waals surface area contributed by atoms with Crippen LogP contribution < -0.4 is 11.5 Å². The van der Waals surface area contributed by atoms with Crippen molar-refractivity contribution in [2.24, 2.45) is 0 Å². The lowest BCUT2D eigenvalue weighted by atomic mass is 9.97. The van der Waals surface area contributed by atoms with Crippen molar-refractivity contribution < 1.29 is 37.6 Å². The zero-order valence-corrected chi connectivity index (χ0v) is 30.2. The minimum Gasteiger partial charge on any atom is -0.424 e.